The molecule has 0 amide bonds. The maximum absolute atomic E-state index is 13.5. The van der Waals surface area contributed by atoms with Gasteiger partial charge in [-0.2, -0.15) is 44.8 Å². The number of hydrogen-bond donors (Lipinski definition) is 1. The summed E-state index contributed by atoms with van der Waals surface area (Å²) < 4.78 is 126. The van der Waals surface area contributed by atoms with Crippen LogP contribution in [0, 0.1) is 11.3 Å². The Hall–Kier alpha value is -2.12. The number of aliphatic hydroxyl groups excluding tert-OH is 1. The predicted molar refractivity (Wildman–Crippen MR) is 112 cm³/mol. The Labute approximate surface area is 206 Å². The number of rotatable bonds is 8. The molecule has 0 aliphatic carbocycles. The summed E-state index contributed by atoms with van der Waals surface area (Å²) in [5, 5.41) is 19.5. The summed E-state index contributed by atoms with van der Waals surface area (Å²) in [7, 11) is 0. The van der Waals surface area contributed by atoms with Crippen LogP contribution in [0.1, 0.15) is 58.6 Å². The standard InChI is InChI=1S/C21H16F9IN2O2/c22-19(23,24)14-6-12(7-15(13(14)10-32)20(25,26)27)17(35-5-1-3-31)9-16(34)11-2-4-33-18(8-11)21(28,29)30/h2,4,6-8,16-17,34H,1,3,5,9H2. The van der Waals surface area contributed by atoms with Crippen LogP contribution in [0.25, 0.3) is 0 Å². The molecule has 0 radical (unpaired) electrons. The van der Waals surface area contributed by atoms with Crippen molar-refractivity contribution in [1.82, 2.24) is 4.98 Å². The molecule has 14 heteroatoms. The minimum Gasteiger partial charge on any atom is -0.388 e. The maximum atomic E-state index is 13.5. The molecule has 2 aromatic rings. The van der Waals surface area contributed by atoms with Gasteiger partial charge in [0.1, 0.15) is 11.8 Å². The van der Waals surface area contributed by atoms with E-state index in [-0.39, 0.29) is 12.2 Å². The largest absolute Gasteiger partial charge is 0.433 e. The fourth-order valence-corrected chi connectivity index (χ4v) is 3.46. The molecule has 0 aliphatic heterocycles. The van der Waals surface area contributed by atoms with Gasteiger partial charge in [0.05, 0.1) is 28.9 Å². The van der Waals surface area contributed by atoms with E-state index in [2.05, 4.69) is 4.98 Å². The first kappa shape index (κ1) is 29.1. The van der Waals surface area contributed by atoms with Crippen molar-refractivity contribution in [3.05, 3.63) is 64.0 Å². The van der Waals surface area contributed by atoms with Crippen LogP contribution in [-0.2, 0) is 23.3 Å². The molecule has 0 bridgehead atoms. The van der Waals surface area contributed by atoms with Gasteiger partial charge in [0.15, 0.2) is 0 Å². The zero-order valence-electron chi connectivity index (χ0n) is 17.4. The summed E-state index contributed by atoms with van der Waals surface area (Å²) in [6.07, 6.45) is -18.3. The average Bonchev–Trinajstić information content (AvgIpc) is 2.75. The van der Waals surface area contributed by atoms with Gasteiger partial charge in [-0.05, 0) is 41.8 Å². The van der Waals surface area contributed by atoms with Gasteiger partial charge in [0.2, 0.25) is 0 Å². The first-order chi connectivity index (χ1) is 16.1. The van der Waals surface area contributed by atoms with Gasteiger partial charge in [-0.25, -0.2) is 0 Å². The fraction of sp³-hybridized carbons (Fsp3) is 0.429. The molecule has 0 saturated heterocycles. The molecule has 0 fully saturated rings. The number of alkyl halides is 10. The monoisotopic (exact) mass is 626 g/mol. The van der Waals surface area contributed by atoms with E-state index in [4.69, 9.17) is 10.00 Å². The molecular formula is C21H16F9IN2O2. The summed E-state index contributed by atoms with van der Waals surface area (Å²) in [5.74, 6) is 0. The Morgan fingerprint density at radius 2 is 1.51 bits per heavy atom. The summed E-state index contributed by atoms with van der Waals surface area (Å²) in [6.45, 7) is -0.118. The predicted octanol–water partition coefficient (Wildman–Crippen LogP) is 7.02. The summed E-state index contributed by atoms with van der Waals surface area (Å²) in [5.41, 5.74) is -7.59. The second-order valence-electron chi connectivity index (χ2n) is 7.22. The fourth-order valence-electron chi connectivity index (χ4n) is 3.15. The van der Waals surface area contributed by atoms with E-state index in [0.717, 1.165) is 18.3 Å². The Morgan fingerprint density at radius 3 is 1.97 bits per heavy atom. The molecule has 1 N–H and O–H groups in total. The molecule has 192 valence electrons. The van der Waals surface area contributed by atoms with Crippen molar-refractivity contribution < 1.29 is 49.4 Å². The van der Waals surface area contributed by atoms with Crippen LogP contribution < -0.4 is 0 Å². The van der Waals surface area contributed by atoms with Crippen molar-refractivity contribution >= 4 is 22.6 Å². The first-order valence-corrected chi connectivity index (χ1v) is 11.2. The number of nitriles is 1. The van der Waals surface area contributed by atoms with E-state index in [9.17, 15) is 44.6 Å². The van der Waals surface area contributed by atoms with Crippen LogP contribution in [0.2, 0.25) is 0 Å². The second-order valence-corrected chi connectivity index (χ2v) is 8.30. The Kier molecular flexibility index (Phi) is 9.39. The Bertz CT molecular complexity index is 1030. The average molecular weight is 626 g/mol. The topological polar surface area (TPSA) is 66.1 Å². The molecule has 4 nitrogen and oxygen atoms in total. The third kappa shape index (κ3) is 7.68. The highest BCUT2D eigenvalue weighted by atomic mass is 127. The third-order valence-corrected chi connectivity index (χ3v) is 5.51. The smallest absolute Gasteiger partial charge is 0.388 e. The van der Waals surface area contributed by atoms with Crippen LogP contribution >= 0.6 is 22.6 Å². The normalized spacial score (nSPS) is 14.5. The number of benzene rings is 1. The molecule has 2 atom stereocenters. The molecule has 1 aromatic heterocycles. The van der Waals surface area contributed by atoms with Crippen LogP contribution in [0.15, 0.2) is 30.5 Å². The molecule has 1 aromatic carbocycles. The van der Waals surface area contributed by atoms with Gasteiger partial charge in [-0.1, -0.05) is 22.6 Å². The number of pyridine rings is 1. The summed E-state index contributed by atoms with van der Waals surface area (Å²) in [4.78, 5) is 3.14. The summed E-state index contributed by atoms with van der Waals surface area (Å²) >= 11 is 1.96. The lowest BCUT2D eigenvalue weighted by molar-refractivity contribution is -0.144. The van der Waals surface area contributed by atoms with Gasteiger partial charge < -0.3 is 9.84 Å². The molecule has 0 saturated carbocycles. The van der Waals surface area contributed by atoms with Crippen LogP contribution in [-0.4, -0.2) is 21.1 Å². The number of nitrogens with zero attached hydrogens (tertiary/aromatic N) is 2. The Balaban J connectivity index is 2.58. The van der Waals surface area contributed by atoms with Gasteiger partial charge in [-0.15, -0.1) is 0 Å². The number of aromatic nitrogens is 1. The highest BCUT2D eigenvalue weighted by Crippen LogP contribution is 2.42. The van der Waals surface area contributed by atoms with Gasteiger partial charge in [-0.3, -0.25) is 4.98 Å². The highest BCUT2D eigenvalue weighted by Gasteiger charge is 2.42. The third-order valence-electron chi connectivity index (χ3n) is 4.75. The minimum absolute atomic E-state index is 0.118. The lowest BCUT2D eigenvalue weighted by Crippen LogP contribution is -2.19. The maximum Gasteiger partial charge on any atom is 0.433 e. The van der Waals surface area contributed by atoms with Crippen LogP contribution in [0.5, 0.6) is 0 Å². The molecule has 35 heavy (non-hydrogen) atoms. The van der Waals surface area contributed by atoms with E-state index in [1.54, 1.807) is 0 Å². The number of halogens is 10. The Morgan fingerprint density at radius 1 is 0.943 bits per heavy atom. The van der Waals surface area contributed by atoms with Crippen LogP contribution in [0.4, 0.5) is 39.5 Å². The van der Waals surface area contributed by atoms with E-state index in [1.165, 1.54) is 0 Å². The number of ether oxygens (including phenoxy) is 1. The van der Waals surface area contributed by atoms with E-state index in [0.29, 0.717) is 29.0 Å². The number of hydrogen-bond acceptors (Lipinski definition) is 4. The van der Waals surface area contributed by atoms with E-state index < -0.39 is 65.1 Å². The molecular weight excluding hydrogens is 610 g/mol. The number of aliphatic hydroxyl groups is 1. The molecule has 1 heterocycles. The zero-order chi connectivity index (χ0) is 26.6. The lowest BCUT2D eigenvalue weighted by atomic mass is 9.92. The van der Waals surface area contributed by atoms with Gasteiger partial charge in [0, 0.05) is 23.7 Å². The van der Waals surface area contributed by atoms with Gasteiger partial charge >= 0.3 is 18.5 Å². The van der Waals surface area contributed by atoms with Crippen molar-refractivity contribution in [3.63, 3.8) is 0 Å². The SMILES string of the molecule is N#Cc1c(C(F)(F)F)cc(C(CC(O)c2ccnc(C(F)(F)F)c2)OCCCI)cc1C(F)(F)F. The minimum atomic E-state index is -5.32. The van der Waals surface area contributed by atoms with E-state index >= 15 is 0 Å². The van der Waals surface area contributed by atoms with Crippen molar-refractivity contribution in [2.24, 2.45) is 0 Å². The second kappa shape index (κ2) is 11.3. The van der Waals surface area contributed by atoms with Crippen LogP contribution in [0.3, 0.4) is 0 Å². The molecule has 0 spiro atoms. The van der Waals surface area contributed by atoms with Crippen molar-refractivity contribution in [3.8, 4) is 6.07 Å². The van der Waals surface area contributed by atoms with E-state index in [1.807, 2.05) is 22.6 Å². The molecule has 2 rings (SSSR count). The van der Waals surface area contributed by atoms with Gasteiger partial charge in [0.25, 0.3) is 0 Å². The van der Waals surface area contributed by atoms with Crippen molar-refractivity contribution in [2.75, 3.05) is 11.0 Å². The van der Waals surface area contributed by atoms with Crippen molar-refractivity contribution in [2.45, 2.75) is 43.6 Å². The summed E-state index contributed by atoms with van der Waals surface area (Å²) in [6, 6.07) is 3.13. The first-order valence-electron chi connectivity index (χ1n) is 9.70. The molecule has 2 unspecified atom stereocenters. The quantitative estimate of drug-likeness (QED) is 0.148. The lowest BCUT2D eigenvalue weighted by Gasteiger charge is -2.24. The highest BCUT2D eigenvalue weighted by molar-refractivity contribution is 14.1. The molecule has 0 aliphatic rings. The van der Waals surface area contributed by atoms with Crippen molar-refractivity contribution in [1.29, 1.82) is 5.26 Å². The zero-order valence-corrected chi connectivity index (χ0v) is 19.6.